The van der Waals surface area contributed by atoms with Gasteiger partial charge in [0.2, 0.25) is 5.95 Å². The van der Waals surface area contributed by atoms with Crippen LogP contribution in [0, 0.1) is 0 Å². The summed E-state index contributed by atoms with van der Waals surface area (Å²) in [5, 5.41) is 1.51. The van der Waals surface area contributed by atoms with Gasteiger partial charge < -0.3 is 5.73 Å². The van der Waals surface area contributed by atoms with Crippen LogP contribution in [0.15, 0.2) is 23.4 Å². The van der Waals surface area contributed by atoms with Gasteiger partial charge in [0.1, 0.15) is 0 Å². The van der Waals surface area contributed by atoms with E-state index < -0.39 is 0 Å². The van der Waals surface area contributed by atoms with E-state index in [1.54, 1.807) is 18.2 Å². The predicted molar refractivity (Wildman–Crippen MR) is 71.5 cm³/mol. The summed E-state index contributed by atoms with van der Waals surface area (Å²) in [5.74, 6) is 0.672. The van der Waals surface area contributed by atoms with Crippen molar-refractivity contribution in [3.05, 3.63) is 28.2 Å². The summed E-state index contributed by atoms with van der Waals surface area (Å²) in [6.45, 7) is 0. The van der Waals surface area contributed by atoms with E-state index in [1.807, 2.05) is 6.26 Å². The molecule has 1 aromatic carbocycles. The molecule has 88 valence electrons. The van der Waals surface area contributed by atoms with Crippen LogP contribution in [-0.4, -0.2) is 21.2 Å². The Hall–Kier alpha value is -1.04. The lowest BCUT2D eigenvalue weighted by Crippen LogP contribution is -2.01. The maximum atomic E-state index is 5.94. The summed E-state index contributed by atoms with van der Waals surface area (Å²) in [7, 11) is 0. The van der Waals surface area contributed by atoms with Crippen molar-refractivity contribution in [1.29, 1.82) is 0 Å². The highest BCUT2D eigenvalue weighted by atomic mass is 35.5. The molecule has 4 nitrogen and oxygen atoms in total. The van der Waals surface area contributed by atoms with Gasteiger partial charge in [0.25, 0.3) is 0 Å². The molecule has 0 unspecified atom stereocenters. The number of aromatic nitrogens is 3. The van der Waals surface area contributed by atoms with Crippen LogP contribution in [0.5, 0.6) is 0 Å². The molecule has 7 heteroatoms. The van der Waals surface area contributed by atoms with Crippen LogP contribution in [0.25, 0.3) is 11.4 Å². The quantitative estimate of drug-likeness (QED) is 0.859. The zero-order valence-corrected chi connectivity index (χ0v) is 11.1. The first-order chi connectivity index (χ1) is 8.10. The van der Waals surface area contributed by atoms with Crippen LogP contribution in [0.2, 0.25) is 10.0 Å². The fraction of sp³-hybridized carbons (Fsp3) is 0.100. The minimum absolute atomic E-state index is 0.186. The van der Waals surface area contributed by atoms with Crippen LogP contribution in [0.1, 0.15) is 0 Å². The first-order valence-electron chi connectivity index (χ1n) is 4.61. The fourth-order valence-corrected chi connectivity index (χ4v) is 1.89. The monoisotopic (exact) mass is 286 g/mol. The normalized spacial score (nSPS) is 10.5. The third kappa shape index (κ3) is 2.80. The second kappa shape index (κ2) is 5.08. The van der Waals surface area contributed by atoms with Crippen molar-refractivity contribution >= 4 is 40.9 Å². The molecule has 1 heterocycles. The average molecular weight is 287 g/mol. The van der Waals surface area contributed by atoms with Gasteiger partial charge in [0.15, 0.2) is 11.0 Å². The number of anilines is 1. The van der Waals surface area contributed by atoms with Gasteiger partial charge in [-0.1, -0.05) is 35.0 Å². The first-order valence-corrected chi connectivity index (χ1v) is 6.59. The van der Waals surface area contributed by atoms with Crippen molar-refractivity contribution in [2.45, 2.75) is 5.16 Å². The molecule has 0 saturated heterocycles. The number of nitrogens with two attached hydrogens (primary N) is 1. The fourth-order valence-electron chi connectivity index (χ4n) is 1.23. The Bertz CT molecular complexity index is 562. The van der Waals surface area contributed by atoms with Gasteiger partial charge in [-0.05, 0) is 24.5 Å². The number of nitrogen functional groups attached to an aromatic ring is 1. The third-order valence-electron chi connectivity index (χ3n) is 1.99. The molecule has 0 aliphatic rings. The van der Waals surface area contributed by atoms with Crippen molar-refractivity contribution in [2.24, 2.45) is 0 Å². The largest absolute Gasteiger partial charge is 0.368 e. The summed E-state index contributed by atoms with van der Waals surface area (Å²) in [5.41, 5.74) is 6.36. The lowest BCUT2D eigenvalue weighted by Gasteiger charge is -2.04. The third-order valence-corrected chi connectivity index (χ3v) is 3.28. The second-order valence-electron chi connectivity index (χ2n) is 3.13. The highest BCUT2D eigenvalue weighted by Crippen LogP contribution is 2.27. The number of nitrogens with zero attached hydrogens (tertiary/aromatic N) is 3. The maximum Gasteiger partial charge on any atom is 0.224 e. The minimum Gasteiger partial charge on any atom is -0.368 e. The van der Waals surface area contributed by atoms with Crippen LogP contribution in [0.3, 0.4) is 0 Å². The average Bonchev–Trinajstić information content (AvgIpc) is 2.32. The zero-order chi connectivity index (χ0) is 12.4. The van der Waals surface area contributed by atoms with Gasteiger partial charge in [-0.2, -0.15) is 9.97 Å². The molecular formula is C10H8Cl2N4S. The number of benzene rings is 1. The molecule has 2 N–H and O–H groups in total. The molecule has 0 amide bonds. The molecule has 0 aliphatic heterocycles. The van der Waals surface area contributed by atoms with E-state index in [0.717, 1.165) is 5.56 Å². The molecule has 0 bridgehead atoms. The Balaban J connectivity index is 2.52. The lowest BCUT2D eigenvalue weighted by atomic mass is 10.2. The Morgan fingerprint density at radius 3 is 2.53 bits per heavy atom. The van der Waals surface area contributed by atoms with E-state index in [2.05, 4.69) is 15.0 Å². The smallest absolute Gasteiger partial charge is 0.224 e. The van der Waals surface area contributed by atoms with Crippen molar-refractivity contribution in [3.8, 4) is 11.4 Å². The van der Waals surface area contributed by atoms with Gasteiger partial charge in [0.05, 0.1) is 10.0 Å². The van der Waals surface area contributed by atoms with Crippen LogP contribution in [-0.2, 0) is 0 Å². The standard InChI is InChI=1S/C10H8Cl2N4S/c1-17-10-15-8(14-9(13)16-10)5-2-3-6(11)7(12)4-5/h2-4H,1H3,(H2,13,14,15,16). The molecule has 2 aromatic rings. The Morgan fingerprint density at radius 1 is 1.12 bits per heavy atom. The zero-order valence-electron chi connectivity index (χ0n) is 8.82. The first kappa shape index (κ1) is 12.4. The summed E-state index contributed by atoms with van der Waals surface area (Å²) >= 11 is 13.2. The lowest BCUT2D eigenvalue weighted by molar-refractivity contribution is 0.927. The molecule has 0 radical (unpaired) electrons. The highest BCUT2D eigenvalue weighted by molar-refractivity contribution is 7.98. The van der Waals surface area contributed by atoms with Crippen molar-refractivity contribution in [2.75, 3.05) is 12.0 Å². The number of thioether (sulfide) groups is 1. The van der Waals surface area contributed by atoms with Gasteiger partial charge in [-0.15, -0.1) is 0 Å². The molecule has 17 heavy (non-hydrogen) atoms. The van der Waals surface area contributed by atoms with Crippen LogP contribution in [0.4, 0.5) is 5.95 Å². The van der Waals surface area contributed by atoms with E-state index in [9.17, 15) is 0 Å². The number of hydrogen-bond donors (Lipinski definition) is 1. The summed E-state index contributed by atoms with van der Waals surface area (Å²) in [4.78, 5) is 12.3. The number of rotatable bonds is 2. The molecule has 0 saturated carbocycles. The minimum atomic E-state index is 0.186. The summed E-state index contributed by atoms with van der Waals surface area (Å²) < 4.78 is 0. The van der Waals surface area contributed by atoms with Gasteiger partial charge >= 0.3 is 0 Å². The summed E-state index contributed by atoms with van der Waals surface area (Å²) in [6, 6.07) is 5.17. The van der Waals surface area contributed by atoms with E-state index in [4.69, 9.17) is 28.9 Å². The topological polar surface area (TPSA) is 64.7 Å². The molecule has 0 spiro atoms. The SMILES string of the molecule is CSc1nc(N)nc(-c2ccc(Cl)c(Cl)c2)n1. The van der Waals surface area contributed by atoms with Crippen molar-refractivity contribution < 1.29 is 0 Å². The summed E-state index contributed by atoms with van der Waals surface area (Å²) in [6.07, 6.45) is 1.87. The van der Waals surface area contributed by atoms with Crippen LogP contribution >= 0.6 is 35.0 Å². The van der Waals surface area contributed by atoms with Crippen molar-refractivity contribution in [1.82, 2.24) is 15.0 Å². The van der Waals surface area contributed by atoms with Crippen molar-refractivity contribution in [3.63, 3.8) is 0 Å². The highest BCUT2D eigenvalue weighted by Gasteiger charge is 2.08. The van der Waals surface area contributed by atoms with Crippen LogP contribution < -0.4 is 5.73 Å². The number of hydrogen-bond acceptors (Lipinski definition) is 5. The predicted octanol–water partition coefficient (Wildman–Crippen LogP) is 3.15. The maximum absolute atomic E-state index is 5.94. The molecule has 1 aromatic heterocycles. The van der Waals surface area contributed by atoms with Gasteiger partial charge in [-0.3, -0.25) is 0 Å². The van der Waals surface area contributed by atoms with E-state index in [1.165, 1.54) is 11.8 Å². The van der Waals surface area contributed by atoms with E-state index in [0.29, 0.717) is 21.0 Å². The molecule has 0 fully saturated rings. The second-order valence-corrected chi connectivity index (χ2v) is 4.72. The van der Waals surface area contributed by atoms with E-state index in [-0.39, 0.29) is 5.95 Å². The molecule has 0 atom stereocenters. The number of halogens is 2. The molecule has 0 aliphatic carbocycles. The molecular weight excluding hydrogens is 279 g/mol. The van der Waals surface area contributed by atoms with E-state index >= 15 is 0 Å². The van der Waals surface area contributed by atoms with Gasteiger partial charge in [-0.25, -0.2) is 4.98 Å². The van der Waals surface area contributed by atoms with Gasteiger partial charge in [0, 0.05) is 5.56 Å². The molecule has 2 rings (SSSR count). The Morgan fingerprint density at radius 2 is 1.88 bits per heavy atom. The Labute approximate surface area is 113 Å². The Kier molecular flexibility index (Phi) is 3.71.